The number of benzene rings is 1. The Morgan fingerprint density at radius 1 is 1.27 bits per heavy atom. The molecule has 3 rings (SSSR count). The molecule has 1 N–H and O–H groups in total. The first-order valence-electron chi connectivity index (χ1n) is 7.77. The maximum absolute atomic E-state index is 13.9. The van der Waals surface area contributed by atoms with E-state index in [0.717, 1.165) is 12.8 Å². The lowest BCUT2D eigenvalue weighted by atomic mass is 9.95. The van der Waals surface area contributed by atoms with Crippen LogP contribution in [-0.2, 0) is 0 Å². The molecular weight excluding hydrogens is 281 g/mol. The smallest absolute Gasteiger partial charge is 0.254 e. The van der Waals surface area contributed by atoms with Crippen molar-refractivity contribution in [1.82, 2.24) is 15.1 Å². The summed E-state index contributed by atoms with van der Waals surface area (Å²) in [6.45, 7) is 1.79. The Balaban J connectivity index is 1.81. The van der Waals surface area contributed by atoms with Gasteiger partial charge in [0.15, 0.2) is 0 Å². The van der Waals surface area contributed by atoms with Gasteiger partial charge in [-0.1, -0.05) is 31.4 Å². The van der Waals surface area contributed by atoms with Gasteiger partial charge in [-0.3, -0.25) is 4.79 Å². The summed E-state index contributed by atoms with van der Waals surface area (Å²) >= 11 is 0. The average molecular weight is 301 g/mol. The largest absolute Gasteiger partial charge is 0.349 e. The van der Waals surface area contributed by atoms with Gasteiger partial charge in [-0.25, -0.2) is 9.07 Å². The molecule has 1 saturated carbocycles. The highest BCUT2D eigenvalue weighted by atomic mass is 19.1. The van der Waals surface area contributed by atoms with E-state index in [9.17, 15) is 9.18 Å². The van der Waals surface area contributed by atoms with E-state index in [1.54, 1.807) is 25.1 Å². The number of hydrogen-bond donors (Lipinski definition) is 1. The summed E-state index contributed by atoms with van der Waals surface area (Å²) in [5.41, 5.74) is 1.52. The minimum Gasteiger partial charge on any atom is -0.349 e. The summed E-state index contributed by atoms with van der Waals surface area (Å²) in [5.74, 6) is -0.472. The van der Waals surface area contributed by atoms with Crippen molar-refractivity contribution >= 4 is 5.91 Å². The number of nitrogens with zero attached hydrogens (tertiary/aromatic N) is 2. The van der Waals surface area contributed by atoms with Gasteiger partial charge >= 0.3 is 0 Å². The van der Waals surface area contributed by atoms with Crippen molar-refractivity contribution in [3.05, 3.63) is 47.5 Å². The summed E-state index contributed by atoms with van der Waals surface area (Å²) < 4.78 is 15.4. The van der Waals surface area contributed by atoms with Crippen molar-refractivity contribution in [3.8, 4) is 5.69 Å². The predicted molar refractivity (Wildman–Crippen MR) is 82.6 cm³/mol. The third kappa shape index (κ3) is 2.89. The predicted octanol–water partition coefficient (Wildman–Crippen LogP) is 3.38. The van der Waals surface area contributed by atoms with Crippen LogP contribution in [0.4, 0.5) is 4.39 Å². The highest BCUT2D eigenvalue weighted by Gasteiger charge is 2.20. The van der Waals surface area contributed by atoms with Crippen LogP contribution in [0.2, 0.25) is 0 Å². The van der Waals surface area contributed by atoms with Gasteiger partial charge < -0.3 is 5.32 Å². The topological polar surface area (TPSA) is 46.9 Å². The van der Waals surface area contributed by atoms with Crippen LogP contribution in [0.3, 0.4) is 0 Å². The van der Waals surface area contributed by atoms with Crippen LogP contribution in [0.5, 0.6) is 0 Å². The van der Waals surface area contributed by atoms with E-state index >= 15 is 0 Å². The molecule has 0 atom stereocenters. The summed E-state index contributed by atoms with van der Waals surface area (Å²) in [4.78, 5) is 12.4. The number of carbonyl (C=O) groups is 1. The number of carbonyl (C=O) groups excluding carboxylic acids is 1. The normalized spacial score (nSPS) is 15.7. The van der Waals surface area contributed by atoms with Gasteiger partial charge in [0.2, 0.25) is 0 Å². The Bertz CT molecular complexity index is 674. The van der Waals surface area contributed by atoms with Gasteiger partial charge in [0, 0.05) is 6.04 Å². The molecule has 5 heteroatoms. The number of para-hydroxylation sites is 1. The zero-order valence-corrected chi connectivity index (χ0v) is 12.7. The Morgan fingerprint density at radius 3 is 2.73 bits per heavy atom. The molecule has 1 aromatic heterocycles. The number of nitrogens with one attached hydrogen (secondary N) is 1. The first-order chi connectivity index (χ1) is 10.7. The SMILES string of the molecule is Cc1c(C(=O)NC2CCCCC2)cnn1-c1ccccc1F. The maximum Gasteiger partial charge on any atom is 0.254 e. The van der Waals surface area contributed by atoms with Crippen LogP contribution in [0.25, 0.3) is 5.69 Å². The molecule has 4 nitrogen and oxygen atoms in total. The molecule has 1 aliphatic carbocycles. The molecular formula is C17H20FN3O. The van der Waals surface area contributed by atoms with Crippen LogP contribution in [-0.4, -0.2) is 21.7 Å². The van der Waals surface area contributed by atoms with Gasteiger partial charge in [-0.2, -0.15) is 5.10 Å². The lowest BCUT2D eigenvalue weighted by Gasteiger charge is -2.22. The Hall–Kier alpha value is -2.17. The van der Waals surface area contributed by atoms with E-state index in [2.05, 4.69) is 10.4 Å². The van der Waals surface area contributed by atoms with Gasteiger partial charge in [-0.05, 0) is 31.9 Å². The standard InChI is InChI=1S/C17H20FN3O/c1-12-14(17(22)20-13-7-3-2-4-8-13)11-19-21(12)16-10-6-5-9-15(16)18/h5-6,9-11,13H,2-4,7-8H2,1H3,(H,20,22). The van der Waals surface area contributed by atoms with Crippen molar-refractivity contribution in [2.75, 3.05) is 0 Å². The molecule has 1 fully saturated rings. The van der Waals surface area contributed by atoms with Crippen LogP contribution >= 0.6 is 0 Å². The molecule has 2 aromatic rings. The average Bonchev–Trinajstić information content (AvgIpc) is 2.90. The van der Waals surface area contributed by atoms with Gasteiger partial charge in [-0.15, -0.1) is 0 Å². The number of rotatable bonds is 3. The number of halogens is 1. The van der Waals surface area contributed by atoms with Crippen LogP contribution in [0.15, 0.2) is 30.5 Å². The van der Waals surface area contributed by atoms with Crippen molar-refractivity contribution in [2.24, 2.45) is 0 Å². The molecule has 1 amide bonds. The molecule has 0 radical (unpaired) electrons. The minimum absolute atomic E-state index is 0.119. The fraction of sp³-hybridized carbons (Fsp3) is 0.412. The molecule has 1 aliphatic rings. The highest BCUT2D eigenvalue weighted by molar-refractivity contribution is 5.95. The van der Waals surface area contributed by atoms with Crippen LogP contribution in [0, 0.1) is 12.7 Å². The first kappa shape index (κ1) is 14.8. The second-order valence-corrected chi connectivity index (χ2v) is 5.82. The lowest BCUT2D eigenvalue weighted by molar-refractivity contribution is 0.0927. The Labute approximate surface area is 129 Å². The zero-order chi connectivity index (χ0) is 15.5. The van der Waals surface area contributed by atoms with Gasteiger partial charge in [0.1, 0.15) is 11.5 Å². The molecule has 116 valence electrons. The number of amides is 1. The molecule has 0 unspecified atom stereocenters. The third-order valence-electron chi connectivity index (χ3n) is 4.28. The first-order valence-corrected chi connectivity index (χ1v) is 7.77. The second kappa shape index (κ2) is 6.30. The molecule has 1 heterocycles. The van der Waals surface area contributed by atoms with Crippen molar-refractivity contribution in [1.29, 1.82) is 0 Å². The molecule has 0 bridgehead atoms. The summed E-state index contributed by atoms with van der Waals surface area (Å²) in [5, 5.41) is 7.25. The fourth-order valence-corrected chi connectivity index (χ4v) is 3.01. The molecule has 0 aliphatic heterocycles. The Morgan fingerprint density at radius 2 is 2.00 bits per heavy atom. The van der Waals surface area contributed by atoms with Crippen molar-refractivity contribution in [2.45, 2.75) is 45.1 Å². The van der Waals surface area contributed by atoms with Crippen molar-refractivity contribution in [3.63, 3.8) is 0 Å². The summed E-state index contributed by atoms with van der Waals surface area (Å²) in [7, 11) is 0. The van der Waals surface area contributed by atoms with E-state index in [1.807, 2.05) is 0 Å². The summed E-state index contributed by atoms with van der Waals surface area (Å²) in [6.07, 6.45) is 7.16. The van der Waals surface area contributed by atoms with E-state index in [1.165, 1.54) is 36.2 Å². The molecule has 1 aromatic carbocycles. The quantitative estimate of drug-likeness (QED) is 0.944. The van der Waals surface area contributed by atoms with Crippen LogP contribution in [0.1, 0.15) is 48.2 Å². The minimum atomic E-state index is -0.354. The van der Waals surface area contributed by atoms with E-state index in [-0.39, 0.29) is 17.8 Å². The van der Waals surface area contributed by atoms with Crippen molar-refractivity contribution < 1.29 is 9.18 Å². The molecule has 22 heavy (non-hydrogen) atoms. The number of aromatic nitrogens is 2. The maximum atomic E-state index is 13.9. The molecule has 0 saturated heterocycles. The zero-order valence-electron chi connectivity index (χ0n) is 12.7. The van der Waals surface area contributed by atoms with E-state index in [4.69, 9.17) is 0 Å². The fourth-order valence-electron chi connectivity index (χ4n) is 3.01. The summed E-state index contributed by atoms with van der Waals surface area (Å²) in [6, 6.07) is 6.67. The monoisotopic (exact) mass is 301 g/mol. The lowest BCUT2D eigenvalue weighted by Crippen LogP contribution is -2.36. The molecule has 0 spiro atoms. The van der Waals surface area contributed by atoms with E-state index in [0.29, 0.717) is 16.9 Å². The second-order valence-electron chi connectivity index (χ2n) is 5.82. The van der Waals surface area contributed by atoms with Crippen LogP contribution < -0.4 is 5.32 Å². The number of hydrogen-bond acceptors (Lipinski definition) is 2. The van der Waals surface area contributed by atoms with Gasteiger partial charge in [0.25, 0.3) is 5.91 Å². The highest BCUT2D eigenvalue weighted by Crippen LogP contribution is 2.20. The van der Waals surface area contributed by atoms with Gasteiger partial charge in [0.05, 0.1) is 17.5 Å². The Kier molecular flexibility index (Phi) is 4.22. The third-order valence-corrected chi connectivity index (χ3v) is 4.28. The van der Waals surface area contributed by atoms with E-state index < -0.39 is 0 Å².